The highest BCUT2D eigenvalue weighted by Crippen LogP contribution is 2.38. The lowest BCUT2D eigenvalue weighted by molar-refractivity contribution is -0.139. The Bertz CT molecular complexity index is 1090. The molecule has 0 unspecified atom stereocenters. The minimum Gasteiger partial charge on any atom is -0.478 e. The number of aromatic carboxylic acids is 1. The van der Waals surface area contributed by atoms with E-state index >= 15 is 0 Å². The Hall–Kier alpha value is -2.22. The van der Waals surface area contributed by atoms with Crippen LogP contribution in [0.3, 0.4) is 0 Å². The number of rotatable bonds is 2. The molecule has 2 rings (SSSR count). The van der Waals surface area contributed by atoms with E-state index in [4.69, 9.17) is 9.84 Å². The SMILES string of the molecule is CC(C)(C)OC(=O)c1c(F)ccc(C(F)(F)F)c1Br.O=C(O)c1c(F)ccc(C(F)(F)F)c1Br. The summed E-state index contributed by atoms with van der Waals surface area (Å²) in [5.41, 5.74) is -5.07. The van der Waals surface area contributed by atoms with Gasteiger partial charge in [0.1, 0.15) is 28.4 Å². The largest absolute Gasteiger partial charge is 0.478 e. The number of halogens is 10. The summed E-state index contributed by atoms with van der Waals surface area (Å²) >= 11 is 5.04. The first-order valence-electron chi connectivity index (χ1n) is 8.75. The summed E-state index contributed by atoms with van der Waals surface area (Å²) in [4.78, 5) is 22.2. The van der Waals surface area contributed by atoms with E-state index < -0.39 is 72.7 Å². The van der Waals surface area contributed by atoms with Crippen LogP contribution < -0.4 is 0 Å². The topological polar surface area (TPSA) is 63.6 Å². The van der Waals surface area contributed by atoms with Crippen LogP contribution in [0.2, 0.25) is 0 Å². The molecule has 0 spiro atoms. The van der Waals surface area contributed by atoms with Crippen LogP contribution in [0, 0.1) is 11.6 Å². The third-order valence-corrected chi connectivity index (χ3v) is 5.26. The van der Waals surface area contributed by atoms with E-state index in [1.807, 2.05) is 0 Å². The molecule has 2 aromatic rings. The van der Waals surface area contributed by atoms with E-state index in [1.54, 1.807) is 0 Å². The minimum atomic E-state index is -4.73. The predicted octanol–water partition coefficient (Wildman–Crippen LogP) is 7.87. The molecule has 0 saturated heterocycles. The maximum atomic E-state index is 13.5. The Balaban J connectivity index is 0.000000350. The monoisotopic (exact) mass is 628 g/mol. The first-order valence-corrected chi connectivity index (χ1v) is 10.3. The van der Waals surface area contributed by atoms with Crippen LogP contribution in [0.5, 0.6) is 0 Å². The maximum absolute atomic E-state index is 13.5. The van der Waals surface area contributed by atoms with Crippen LogP contribution in [0.4, 0.5) is 35.1 Å². The van der Waals surface area contributed by atoms with Gasteiger partial charge in [-0.25, -0.2) is 18.4 Å². The summed E-state index contributed by atoms with van der Waals surface area (Å²) in [5, 5.41) is 8.50. The van der Waals surface area contributed by atoms with Gasteiger partial charge in [0.2, 0.25) is 0 Å². The van der Waals surface area contributed by atoms with E-state index in [1.165, 1.54) is 20.8 Å². The standard InChI is InChI=1S/C12H11BrF4O2.C8H3BrF4O2/c1-11(2,3)19-10(18)8-7(14)5-4-6(9(8)13)12(15,16)17;9-6-3(8(11,12)13)1-2-4(10)5(6)7(14)15/h4-5H,1-3H3;1-2H,(H,14,15). The van der Waals surface area contributed by atoms with E-state index in [0.29, 0.717) is 24.3 Å². The number of carbonyl (C=O) groups is 2. The average molecular weight is 630 g/mol. The highest BCUT2D eigenvalue weighted by atomic mass is 79.9. The molecule has 0 aliphatic carbocycles. The molecule has 0 bridgehead atoms. The van der Waals surface area contributed by atoms with Crippen molar-refractivity contribution in [3.8, 4) is 0 Å². The molecule has 34 heavy (non-hydrogen) atoms. The van der Waals surface area contributed by atoms with Crippen molar-refractivity contribution in [3.05, 3.63) is 67.1 Å². The van der Waals surface area contributed by atoms with Crippen molar-refractivity contribution >= 4 is 43.8 Å². The average Bonchev–Trinajstić information content (AvgIpc) is 2.58. The van der Waals surface area contributed by atoms with Crippen LogP contribution in [-0.4, -0.2) is 22.6 Å². The summed E-state index contributed by atoms with van der Waals surface area (Å²) < 4.78 is 105. The fourth-order valence-corrected chi connectivity index (χ4v) is 3.68. The van der Waals surface area contributed by atoms with Gasteiger partial charge in [-0.1, -0.05) is 0 Å². The van der Waals surface area contributed by atoms with Gasteiger partial charge in [0.25, 0.3) is 0 Å². The van der Waals surface area contributed by atoms with E-state index in [9.17, 15) is 44.7 Å². The molecule has 0 aliphatic heterocycles. The van der Waals surface area contributed by atoms with Crippen LogP contribution in [0.15, 0.2) is 33.2 Å². The Morgan fingerprint density at radius 1 is 0.765 bits per heavy atom. The van der Waals surface area contributed by atoms with Crippen molar-refractivity contribution in [1.82, 2.24) is 0 Å². The highest BCUT2D eigenvalue weighted by Gasteiger charge is 2.37. The predicted molar refractivity (Wildman–Crippen MR) is 110 cm³/mol. The van der Waals surface area contributed by atoms with Crippen LogP contribution in [-0.2, 0) is 17.1 Å². The highest BCUT2D eigenvalue weighted by molar-refractivity contribution is 9.11. The van der Waals surface area contributed by atoms with Crippen molar-refractivity contribution in [3.63, 3.8) is 0 Å². The van der Waals surface area contributed by atoms with Crippen LogP contribution >= 0.6 is 31.9 Å². The summed E-state index contributed by atoms with van der Waals surface area (Å²) in [6, 6.07) is 2.10. The van der Waals surface area contributed by atoms with Crippen molar-refractivity contribution in [2.45, 2.75) is 38.7 Å². The van der Waals surface area contributed by atoms with Gasteiger partial charge in [0.05, 0.1) is 11.1 Å². The molecule has 0 fully saturated rings. The molecule has 0 amide bonds. The molecule has 4 nitrogen and oxygen atoms in total. The lowest BCUT2D eigenvalue weighted by Gasteiger charge is -2.21. The summed E-state index contributed by atoms with van der Waals surface area (Å²) in [6.07, 6.45) is -9.42. The normalized spacial score (nSPS) is 12.0. The molecule has 1 N–H and O–H groups in total. The number of hydrogen-bond donors (Lipinski definition) is 1. The minimum absolute atomic E-state index is 0.469. The Morgan fingerprint density at radius 2 is 1.12 bits per heavy atom. The Kier molecular flexibility index (Phi) is 9.28. The van der Waals surface area contributed by atoms with Gasteiger partial charge in [-0.3, -0.25) is 0 Å². The molecule has 0 saturated carbocycles. The third-order valence-electron chi connectivity index (χ3n) is 3.61. The first kappa shape index (κ1) is 29.8. The van der Waals surface area contributed by atoms with E-state index in [-0.39, 0.29) is 0 Å². The number of carboxylic acid groups (broad SMARTS) is 1. The van der Waals surface area contributed by atoms with E-state index in [0.717, 1.165) is 0 Å². The third kappa shape index (κ3) is 7.65. The molecule has 0 atom stereocenters. The summed E-state index contributed by atoms with van der Waals surface area (Å²) in [5.74, 6) is -5.20. The second-order valence-corrected chi connectivity index (χ2v) is 8.96. The number of alkyl halides is 6. The van der Waals surface area contributed by atoms with E-state index in [2.05, 4.69) is 31.9 Å². The molecule has 0 radical (unpaired) electrons. The summed E-state index contributed by atoms with van der Waals surface area (Å²) in [7, 11) is 0. The number of esters is 1. The first-order chi connectivity index (χ1) is 15.2. The van der Waals surface area contributed by atoms with Gasteiger partial charge in [0.15, 0.2) is 0 Å². The van der Waals surface area contributed by atoms with Gasteiger partial charge in [-0.05, 0) is 76.9 Å². The van der Waals surface area contributed by atoms with Gasteiger partial charge < -0.3 is 9.84 Å². The molecule has 0 heterocycles. The molecule has 0 aromatic heterocycles. The fourth-order valence-electron chi connectivity index (χ4n) is 2.26. The molecular formula is C20H14Br2F8O4. The van der Waals surface area contributed by atoms with Crippen LogP contribution in [0.25, 0.3) is 0 Å². The number of carboxylic acids is 1. The second kappa shape index (κ2) is 10.6. The molecular weight excluding hydrogens is 616 g/mol. The zero-order valence-electron chi connectivity index (χ0n) is 17.3. The smallest absolute Gasteiger partial charge is 0.417 e. The van der Waals surface area contributed by atoms with Gasteiger partial charge >= 0.3 is 24.3 Å². The van der Waals surface area contributed by atoms with Gasteiger partial charge in [-0.15, -0.1) is 0 Å². The number of hydrogen-bond acceptors (Lipinski definition) is 3. The number of benzene rings is 2. The Morgan fingerprint density at radius 3 is 1.44 bits per heavy atom. The van der Waals surface area contributed by atoms with Crippen molar-refractivity contribution in [1.29, 1.82) is 0 Å². The second-order valence-electron chi connectivity index (χ2n) is 7.37. The zero-order valence-corrected chi connectivity index (χ0v) is 20.4. The molecule has 2 aromatic carbocycles. The Labute approximate surface area is 204 Å². The summed E-state index contributed by atoms with van der Waals surface area (Å²) in [6.45, 7) is 4.60. The number of carbonyl (C=O) groups excluding carboxylic acids is 1. The zero-order chi connectivity index (χ0) is 26.8. The quantitative estimate of drug-likeness (QED) is 0.271. The molecule has 0 aliphatic rings. The van der Waals surface area contributed by atoms with Crippen molar-refractivity contribution in [2.24, 2.45) is 0 Å². The van der Waals surface area contributed by atoms with Crippen molar-refractivity contribution in [2.75, 3.05) is 0 Å². The van der Waals surface area contributed by atoms with Crippen molar-refractivity contribution < 1.29 is 54.6 Å². The van der Waals surface area contributed by atoms with Crippen LogP contribution in [0.1, 0.15) is 52.6 Å². The fraction of sp³-hybridized carbons (Fsp3) is 0.300. The number of ether oxygens (including phenoxy) is 1. The maximum Gasteiger partial charge on any atom is 0.417 e. The van der Waals surface area contributed by atoms with Gasteiger partial charge in [-0.2, -0.15) is 26.3 Å². The lowest BCUT2D eigenvalue weighted by Crippen LogP contribution is -2.25. The molecule has 188 valence electrons. The molecule has 14 heteroatoms. The lowest BCUT2D eigenvalue weighted by atomic mass is 10.1. The van der Waals surface area contributed by atoms with Gasteiger partial charge in [0, 0.05) is 8.95 Å².